The van der Waals surface area contributed by atoms with Gasteiger partial charge in [0.15, 0.2) is 0 Å². The lowest BCUT2D eigenvalue weighted by molar-refractivity contribution is 0.180. The summed E-state index contributed by atoms with van der Waals surface area (Å²) in [6.07, 6.45) is 14.3. The van der Waals surface area contributed by atoms with Crippen molar-refractivity contribution in [2.24, 2.45) is 11.8 Å². The van der Waals surface area contributed by atoms with Crippen molar-refractivity contribution in [3.63, 3.8) is 0 Å². The smallest absolute Gasteiger partial charge is 0.131 e. The van der Waals surface area contributed by atoms with E-state index in [1.807, 2.05) is 12.1 Å². The zero-order valence-corrected chi connectivity index (χ0v) is 21.1. The summed E-state index contributed by atoms with van der Waals surface area (Å²) < 4.78 is 35.4. The average molecular weight is 469 g/mol. The van der Waals surface area contributed by atoms with Gasteiger partial charge in [0.1, 0.15) is 11.6 Å². The maximum absolute atomic E-state index is 15.1. The summed E-state index contributed by atoms with van der Waals surface area (Å²) in [5, 5.41) is 0. The van der Waals surface area contributed by atoms with Crippen LogP contribution in [0.4, 0.5) is 8.78 Å². The van der Waals surface area contributed by atoms with Gasteiger partial charge < -0.3 is 4.74 Å². The van der Waals surface area contributed by atoms with E-state index in [9.17, 15) is 0 Å². The first kappa shape index (κ1) is 25.4. The molecule has 0 bridgehead atoms. The number of rotatable bonds is 9. The Morgan fingerprint density at radius 2 is 1.18 bits per heavy atom. The fourth-order valence-electron chi connectivity index (χ4n) is 6.50. The van der Waals surface area contributed by atoms with E-state index in [2.05, 4.69) is 6.92 Å². The summed E-state index contributed by atoms with van der Waals surface area (Å²) in [5.74, 6) is 1.86. The maximum atomic E-state index is 15.1. The van der Waals surface area contributed by atoms with Crippen LogP contribution in [0.1, 0.15) is 107 Å². The molecule has 0 N–H and O–H groups in total. The van der Waals surface area contributed by atoms with Crippen LogP contribution >= 0.6 is 0 Å². The fourth-order valence-corrected chi connectivity index (χ4v) is 6.50. The molecular weight excluding hydrogens is 426 g/mol. The minimum Gasteiger partial charge on any atom is -0.385 e. The third-order valence-electron chi connectivity index (χ3n) is 8.57. The summed E-state index contributed by atoms with van der Waals surface area (Å²) in [6, 6.07) is 11.0. The third kappa shape index (κ3) is 6.27. The van der Waals surface area contributed by atoms with E-state index < -0.39 is 0 Å². The molecule has 0 amide bonds. The highest BCUT2D eigenvalue weighted by atomic mass is 19.1. The summed E-state index contributed by atoms with van der Waals surface area (Å²) in [7, 11) is 1.76. The Labute approximate surface area is 205 Å². The maximum Gasteiger partial charge on any atom is 0.131 e. The van der Waals surface area contributed by atoms with Crippen molar-refractivity contribution >= 4 is 0 Å². The first-order valence-electron chi connectivity index (χ1n) is 13.7. The van der Waals surface area contributed by atoms with Crippen molar-refractivity contribution in [2.45, 2.75) is 95.8 Å². The summed E-state index contributed by atoms with van der Waals surface area (Å²) in [5.41, 5.74) is 2.91. The molecule has 2 aliphatic carbocycles. The minimum absolute atomic E-state index is 0.295. The van der Waals surface area contributed by atoms with Crippen LogP contribution in [0.5, 0.6) is 0 Å². The van der Waals surface area contributed by atoms with Gasteiger partial charge in [0, 0.05) is 24.8 Å². The SMILES string of the molecule is CCCC1CCC(c2ccc(-c3ccc(C4CCC(CCCOC)CC4)cc3F)c(F)c2)CC1. The molecule has 0 atom stereocenters. The molecule has 0 aliphatic heterocycles. The Morgan fingerprint density at radius 1 is 0.706 bits per heavy atom. The van der Waals surface area contributed by atoms with Crippen molar-refractivity contribution in [3.05, 3.63) is 59.2 Å². The Morgan fingerprint density at radius 3 is 1.59 bits per heavy atom. The Bertz CT molecular complexity index is 908. The molecule has 1 nitrogen and oxygen atoms in total. The molecule has 2 fully saturated rings. The van der Waals surface area contributed by atoms with Crippen LogP contribution in [0.25, 0.3) is 11.1 Å². The molecule has 3 heteroatoms. The molecule has 2 aromatic rings. The second-order valence-corrected chi connectivity index (χ2v) is 10.8. The molecule has 0 aromatic heterocycles. The van der Waals surface area contributed by atoms with Gasteiger partial charge in [-0.2, -0.15) is 0 Å². The van der Waals surface area contributed by atoms with Gasteiger partial charge in [0.2, 0.25) is 0 Å². The van der Waals surface area contributed by atoms with Crippen LogP contribution in [-0.4, -0.2) is 13.7 Å². The highest BCUT2D eigenvalue weighted by molar-refractivity contribution is 5.66. The number of benzene rings is 2. The van der Waals surface area contributed by atoms with Gasteiger partial charge >= 0.3 is 0 Å². The average Bonchev–Trinajstić information content (AvgIpc) is 2.86. The van der Waals surface area contributed by atoms with Crippen molar-refractivity contribution in [3.8, 4) is 11.1 Å². The number of hydrogen-bond acceptors (Lipinski definition) is 1. The second-order valence-electron chi connectivity index (χ2n) is 10.8. The largest absolute Gasteiger partial charge is 0.385 e. The molecule has 0 saturated heterocycles. The Kier molecular flexibility index (Phi) is 9.17. The van der Waals surface area contributed by atoms with Gasteiger partial charge in [0.25, 0.3) is 0 Å². The quantitative estimate of drug-likeness (QED) is 0.333. The molecule has 2 aliphatic rings. The third-order valence-corrected chi connectivity index (χ3v) is 8.57. The van der Waals surface area contributed by atoms with E-state index in [-0.39, 0.29) is 11.6 Å². The monoisotopic (exact) mass is 468 g/mol. The number of halogens is 2. The molecule has 0 unspecified atom stereocenters. The number of methoxy groups -OCH3 is 1. The first-order chi connectivity index (χ1) is 16.6. The van der Waals surface area contributed by atoms with E-state index in [1.54, 1.807) is 31.4 Å². The van der Waals surface area contributed by atoms with E-state index in [0.29, 0.717) is 23.0 Å². The summed E-state index contributed by atoms with van der Waals surface area (Å²) in [6.45, 7) is 3.09. The molecule has 34 heavy (non-hydrogen) atoms. The lowest BCUT2D eigenvalue weighted by Crippen LogP contribution is -2.14. The van der Waals surface area contributed by atoms with Crippen LogP contribution in [0.3, 0.4) is 0 Å². The van der Waals surface area contributed by atoms with Gasteiger partial charge in [-0.25, -0.2) is 8.78 Å². The molecule has 0 radical (unpaired) electrons. The van der Waals surface area contributed by atoms with Crippen molar-refractivity contribution < 1.29 is 13.5 Å². The molecule has 2 aromatic carbocycles. The minimum atomic E-state index is -0.300. The Hall–Kier alpha value is -1.74. The predicted octanol–water partition coefficient (Wildman–Crippen LogP) is 9.41. The van der Waals surface area contributed by atoms with Crippen LogP contribution < -0.4 is 0 Å². The predicted molar refractivity (Wildman–Crippen MR) is 137 cm³/mol. The van der Waals surface area contributed by atoms with Crippen molar-refractivity contribution in [1.29, 1.82) is 0 Å². The van der Waals surface area contributed by atoms with Crippen LogP contribution in [0, 0.1) is 23.5 Å². The van der Waals surface area contributed by atoms with Gasteiger partial charge in [-0.15, -0.1) is 0 Å². The van der Waals surface area contributed by atoms with Crippen molar-refractivity contribution in [1.82, 2.24) is 0 Å². The molecule has 4 rings (SSSR count). The molecule has 0 heterocycles. The highest BCUT2D eigenvalue weighted by Gasteiger charge is 2.25. The second kappa shape index (κ2) is 12.3. The van der Waals surface area contributed by atoms with Crippen LogP contribution in [0.15, 0.2) is 36.4 Å². The molecule has 186 valence electrons. The lowest BCUT2D eigenvalue weighted by Gasteiger charge is -2.29. The highest BCUT2D eigenvalue weighted by Crippen LogP contribution is 2.40. The van der Waals surface area contributed by atoms with Crippen LogP contribution in [0.2, 0.25) is 0 Å². The summed E-state index contributed by atoms with van der Waals surface area (Å²) in [4.78, 5) is 0. The van der Waals surface area contributed by atoms with E-state index in [1.165, 1.54) is 44.9 Å². The fraction of sp³-hybridized carbons (Fsp3) is 0.613. The van der Waals surface area contributed by atoms with Gasteiger partial charge in [-0.05, 0) is 111 Å². The van der Waals surface area contributed by atoms with E-state index >= 15 is 8.78 Å². The van der Waals surface area contributed by atoms with Crippen LogP contribution in [-0.2, 0) is 4.74 Å². The molecule has 2 saturated carbocycles. The first-order valence-corrected chi connectivity index (χ1v) is 13.7. The normalized spacial score (nSPS) is 25.4. The van der Waals surface area contributed by atoms with Gasteiger partial charge in [-0.3, -0.25) is 0 Å². The van der Waals surface area contributed by atoms with E-state index in [4.69, 9.17) is 4.74 Å². The number of ether oxygens (including phenoxy) is 1. The zero-order chi connectivity index (χ0) is 23.9. The molecular formula is C31H42F2O. The topological polar surface area (TPSA) is 9.23 Å². The molecule has 0 spiro atoms. The van der Waals surface area contributed by atoms with Gasteiger partial charge in [-0.1, -0.05) is 44.0 Å². The zero-order valence-electron chi connectivity index (χ0n) is 21.1. The standard InChI is InChI=1S/C31H42F2O/c1-3-5-22-7-11-24(12-8-22)26-15-17-28(30(32)20-26)29-18-16-27(21-31(29)33)25-13-9-23(10-14-25)6-4-19-34-2/h15-18,20-25H,3-14,19H2,1-2H3. The lowest BCUT2D eigenvalue weighted by atomic mass is 9.76. The summed E-state index contributed by atoms with van der Waals surface area (Å²) >= 11 is 0. The number of hydrogen-bond donors (Lipinski definition) is 0. The van der Waals surface area contributed by atoms with Crippen molar-refractivity contribution in [2.75, 3.05) is 13.7 Å². The van der Waals surface area contributed by atoms with Gasteiger partial charge in [0.05, 0.1) is 0 Å². The van der Waals surface area contributed by atoms with E-state index in [0.717, 1.165) is 61.7 Å². The Balaban J connectivity index is 1.38.